The van der Waals surface area contributed by atoms with Crippen LogP contribution in [-0.4, -0.2) is 19.6 Å². The van der Waals surface area contributed by atoms with Crippen molar-refractivity contribution in [2.45, 2.75) is 59.3 Å². The maximum absolute atomic E-state index is 5.84. The Kier molecular flexibility index (Phi) is 6.50. The molecule has 1 aliphatic rings. The second-order valence-electron chi connectivity index (χ2n) is 6.42. The zero-order chi connectivity index (χ0) is 12.7. The van der Waals surface area contributed by atoms with Crippen LogP contribution in [0.1, 0.15) is 59.3 Å². The number of nitrogens with two attached hydrogens (primary N) is 1. The third kappa shape index (κ3) is 4.97. The number of nitrogens with one attached hydrogen (secondary N) is 1. The van der Waals surface area contributed by atoms with Crippen molar-refractivity contribution in [2.75, 3.05) is 19.6 Å². The Morgan fingerprint density at radius 2 is 1.88 bits per heavy atom. The van der Waals surface area contributed by atoms with Crippen molar-refractivity contribution in [2.24, 2.45) is 23.0 Å². The second-order valence-corrected chi connectivity index (χ2v) is 6.42. The van der Waals surface area contributed by atoms with Crippen LogP contribution in [0.5, 0.6) is 0 Å². The highest BCUT2D eigenvalue weighted by molar-refractivity contribution is 4.85. The van der Waals surface area contributed by atoms with Gasteiger partial charge in [0, 0.05) is 6.54 Å². The molecule has 0 amide bonds. The van der Waals surface area contributed by atoms with Gasteiger partial charge < -0.3 is 11.1 Å². The molecule has 1 saturated carbocycles. The molecule has 1 rings (SSSR count). The van der Waals surface area contributed by atoms with Gasteiger partial charge in [-0.05, 0) is 56.0 Å². The minimum Gasteiger partial charge on any atom is -0.330 e. The van der Waals surface area contributed by atoms with Crippen LogP contribution >= 0.6 is 0 Å². The predicted molar refractivity (Wildman–Crippen MR) is 76.1 cm³/mol. The average Bonchev–Trinajstić information content (AvgIpc) is 2.76. The Bertz CT molecular complexity index is 195. The molecule has 17 heavy (non-hydrogen) atoms. The smallest absolute Gasteiger partial charge is 0.000783 e. The monoisotopic (exact) mass is 240 g/mol. The second kappa shape index (κ2) is 7.38. The molecule has 0 aliphatic heterocycles. The quantitative estimate of drug-likeness (QED) is 0.684. The molecule has 1 fully saturated rings. The van der Waals surface area contributed by atoms with Crippen molar-refractivity contribution in [3.05, 3.63) is 0 Å². The molecular weight excluding hydrogens is 208 g/mol. The van der Waals surface area contributed by atoms with E-state index in [-0.39, 0.29) is 0 Å². The Morgan fingerprint density at radius 1 is 1.24 bits per heavy atom. The zero-order valence-corrected chi connectivity index (χ0v) is 12.1. The summed E-state index contributed by atoms with van der Waals surface area (Å²) in [4.78, 5) is 0. The zero-order valence-electron chi connectivity index (χ0n) is 12.1. The highest BCUT2D eigenvalue weighted by Gasteiger charge is 2.31. The molecule has 0 spiro atoms. The third-order valence-corrected chi connectivity index (χ3v) is 4.49. The normalized spacial score (nSPS) is 21.0. The maximum Gasteiger partial charge on any atom is 0.000783 e. The highest BCUT2D eigenvalue weighted by Crippen LogP contribution is 2.40. The summed E-state index contributed by atoms with van der Waals surface area (Å²) < 4.78 is 0. The van der Waals surface area contributed by atoms with E-state index in [4.69, 9.17) is 5.73 Å². The van der Waals surface area contributed by atoms with Gasteiger partial charge in [-0.2, -0.15) is 0 Å². The van der Waals surface area contributed by atoms with Crippen molar-refractivity contribution >= 4 is 0 Å². The summed E-state index contributed by atoms with van der Waals surface area (Å²) in [5.41, 5.74) is 6.45. The summed E-state index contributed by atoms with van der Waals surface area (Å²) in [6.07, 6.45) is 8.30. The molecule has 0 aromatic carbocycles. The molecule has 0 aromatic rings. The molecule has 102 valence electrons. The molecule has 0 radical (unpaired) electrons. The molecule has 3 N–H and O–H groups in total. The van der Waals surface area contributed by atoms with E-state index in [1.54, 1.807) is 0 Å². The highest BCUT2D eigenvalue weighted by atomic mass is 14.9. The van der Waals surface area contributed by atoms with Gasteiger partial charge in [0.25, 0.3) is 0 Å². The molecule has 1 atom stereocenters. The minimum absolute atomic E-state index is 0.608. The van der Waals surface area contributed by atoms with Gasteiger partial charge >= 0.3 is 0 Å². The van der Waals surface area contributed by atoms with E-state index in [2.05, 4.69) is 26.1 Å². The lowest BCUT2D eigenvalue weighted by atomic mass is 9.83. The Hall–Kier alpha value is -0.0800. The van der Waals surface area contributed by atoms with Crippen molar-refractivity contribution in [1.29, 1.82) is 0 Å². The first-order valence-electron chi connectivity index (χ1n) is 7.52. The van der Waals surface area contributed by atoms with Gasteiger partial charge in [0.2, 0.25) is 0 Å². The summed E-state index contributed by atoms with van der Waals surface area (Å²) in [7, 11) is 0. The average molecular weight is 240 g/mol. The minimum atomic E-state index is 0.608. The van der Waals surface area contributed by atoms with Crippen LogP contribution in [0.15, 0.2) is 0 Å². The first kappa shape index (κ1) is 15.0. The number of hydrogen-bond donors (Lipinski definition) is 2. The van der Waals surface area contributed by atoms with Crippen LogP contribution in [0.2, 0.25) is 0 Å². The van der Waals surface area contributed by atoms with Gasteiger partial charge in [0.15, 0.2) is 0 Å². The number of hydrogen-bond acceptors (Lipinski definition) is 2. The lowest BCUT2D eigenvalue weighted by Gasteiger charge is -2.29. The first-order valence-corrected chi connectivity index (χ1v) is 7.52. The topological polar surface area (TPSA) is 38.0 Å². The third-order valence-electron chi connectivity index (χ3n) is 4.49. The fourth-order valence-corrected chi connectivity index (χ4v) is 3.25. The molecule has 0 aromatic heterocycles. The standard InChI is InChI=1S/C15H32N2/c1-4-15(7-5-6-8-15)12-17-11-14(10-16)9-13(2)3/h13-14,17H,4-12,16H2,1-3H3. The van der Waals surface area contributed by atoms with Gasteiger partial charge in [0.1, 0.15) is 0 Å². The molecule has 0 heterocycles. The van der Waals surface area contributed by atoms with Crippen LogP contribution in [0.4, 0.5) is 0 Å². The van der Waals surface area contributed by atoms with Crippen LogP contribution in [0.3, 0.4) is 0 Å². The lowest BCUT2D eigenvalue weighted by molar-refractivity contribution is 0.258. The van der Waals surface area contributed by atoms with Crippen molar-refractivity contribution in [3.8, 4) is 0 Å². The molecule has 0 bridgehead atoms. The van der Waals surface area contributed by atoms with E-state index in [1.165, 1.54) is 45.1 Å². The summed E-state index contributed by atoms with van der Waals surface area (Å²) in [6, 6.07) is 0. The predicted octanol–water partition coefficient (Wildman–Crippen LogP) is 3.17. The van der Waals surface area contributed by atoms with Crippen molar-refractivity contribution in [3.63, 3.8) is 0 Å². The van der Waals surface area contributed by atoms with E-state index < -0.39 is 0 Å². The van der Waals surface area contributed by atoms with E-state index in [0.717, 1.165) is 19.0 Å². The van der Waals surface area contributed by atoms with Crippen LogP contribution in [-0.2, 0) is 0 Å². The van der Waals surface area contributed by atoms with Crippen molar-refractivity contribution < 1.29 is 0 Å². The van der Waals surface area contributed by atoms with Crippen LogP contribution < -0.4 is 11.1 Å². The van der Waals surface area contributed by atoms with Gasteiger partial charge in [-0.25, -0.2) is 0 Å². The van der Waals surface area contributed by atoms with Crippen LogP contribution in [0.25, 0.3) is 0 Å². The van der Waals surface area contributed by atoms with Gasteiger partial charge in [-0.15, -0.1) is 0 Å². The first-order chi connectivity index (χ1) is 8.12. The fourth-order valence-electron chi connectivity index (χ4n) is 3.25. The Morgan fingerprint density at radius 3 is 2.35 bits per heavy atom. The van der Waals surface area contributed by atoms with Gasteiger partial charge in [-0.3, -0.25) is 0 Å². The van der Waals surface area contributed by atoms with E-state index >= 15 is 0 Å². The molecule has 1 unspecified atom stereocenters. The van der Waals surface area contributed by atoms with Crippen LogP contribution in [0, 0.1) is 17.3 Å². The SMILES string of the molecule is CCC1(CNCC(CN)CC(C)C)CCCC1. The summed E-state index contributed by atoms with van der Waals surface area (Å²) in [5.74, 6) is 1.42. The lowest BCUT2D eigenvalue weighted by Crippen LogP contribution is -2.36. The Balaban J connectivity index is 2.25. The fraction of sp³-hybridized carbons (Fsp3) is 1.00. The van der Waals surface area contributed by atoms with E-state index in [9.17, 15) is 0 Å². The molecule has 0 saturated heterocycles. The summed E-state index contributed by atoms with van der Waals surface area (Å²) in [5, 5.41) is 3.70. The molecular formula is C15H32N2. The van der Waals surface area contributed by atoms with Crippen molar-refractivity contribution in [1.82, 2.24) is 5.32 Å². The molecule has 2 heteroatoms. The van der Waals surface area contributed by atoms with E-state index in [0.29, 0.717) is 11.3 Å². The number of rotatable bonds is 8. The molecule has 2 nitrogen and oxygen atoms in total. The maximum atomic E-state index is 5.84. The molecule has 1 aliphatic carbocycles. The Labute approximate surface area is 108 Å². The summed E-state index contributed by atoms with van der Waals surface area (Å²) >= 11 is 0. The van der Waals surface area contributed by atoms with E-state index in [1.807, 2.05) is 0 Å². The largest absolute Gasteiger partial charge is 0.330 e. The van der Waals surface area contributed by atoms with Gasteiger partial charge in [-0.1, -0.05) is 33.6 Å². The van der Waals surface area contributed by atoms with Gasteiger partial charge in [0.05, 0.1) is 0 Å². The summed E-state index contributed by atoms with van der Waals surface area (Å²) in [6.45, 7) is 10.1.